The fourth-order valence-corrected chi connectivity index (χ4v) is 3.28. The highest BCUT2D eigenvalue weighted by Gasteiger charge is 2.45. The van der Waals surface area contributed by atoms with Gasteiger partial charge in [0.15, 0.2) is 5.71 Å². The number of carbonyl (C=O) groups is 1. The number of hydrogen-bond donors (Lipinski definition) is 1. The molecule has 1 aromatic heterocycles. The smallest absolute Gasteiger partial charge is 0.299 e. The number of rotatable bonds is 3. The number of hydrogen-bond acceptors (Lipinski definition) is 5. The van der Waals surface area contributed by atoms with E-state index < -0.39 is 23.6 Å². The normalized spacial score (nSPS) is 19.9. The number of Topliss-reactive ketones (excluding diaryl/α,β-unsaturated/α-hetero) is 1. The number of para-hydroxylation sites is 1. The van der Waals surface area contributed by atoms with Gasteiger partial charge in [-0.1, -0.05) is 23.5 Å². The Bertz CT molecular complexity index is 705. The Hall–Kier alpha value is -1.96. The Morgan fingerprint density at radius 3 is 2.77 bits per heavy atom. The highest BCUT2D eigenvalue weighted by atomic mass is 32.1. The van der Waals surface area contributed by atoms with Crippen LogP contribution < -0.4 is 5.43 Å². The molecule has 0 amide bonds. The third-order valence-electron chi connectivity index (χ3n) is 3.49. The molecule has 4 nitrogen and oxygen atoms in total. The van der Waals surface area contributed by atoms with Crippen LogP contribution in [0.4, 0.5) is 18.3 Å². The van der Waals surface area contributed by atoms with Crippen LogP contribution >= 0.6 is 11.3 Å². The predicted molar refractivity (Wildman–Crippen MR) is 79.1 cm³/mol. The molecule has 22 heavy (non-hydrogen) atoms. The van der Waals surface area contributed by atoms with Crippen molar-refractivity contribution in [2.24, 2.45) is 11.0 Å². The van der Waals surface area contributed by atoms with E-state index in [9.17, 15) is 18.0 Å². The maximum absolute atomic E-state index is 13.1. The SMILES string of the molecule is O=C1CCC[C@H]1/C(=N\Nc1nc2ccccc2s1)C(F)(F)F. The van der Waals surface area contributed by atoms with Crippen molar-refractivity contribution in [2.75, 3.05) is 5.43 Å². The van der Waals surface area contributed by atoms with Crippen molar-refractivity contribution in [2.45, 2.75) is 25.4 Å². The standard InChI is InChI=1S/C14H12F3N3OS/c15-14(16,17)12(8-4-3-6-10(8)21)19-20-13-18-9-5-1-2-7-11(9)22-13/h1-2,5,7-8H,3-4,6H2,(H,18,20)/b19-12+/t8-/m1/s1. The number of carbonyl (C=O) groups excluding carboxylic acids is 1. The molecule has 1 atom stereocenters. The van der Waals surface area contributed by atoms with Crippen LogP contribution in [0.1, 0.15) is 19.3 Å². The van der Waals surface area contributed by atoms with Crippen LogP contribution in [-0.4, -0.2) is 22.7 Å². The van der Waals surface area contributed by atoms with Gasteiger partial charge in [-0.25, -0.2) is 4.98 Å². The van der Waals surface area contributed by atoms with Crippen LogP contribution in [0, 0.1) is 5.92 Å². The Balaban J connectivity index is 1.87. The van der Waals surface area contributed by atoms with E-state index in [2.05, 4.69) is 15.5 Å². The third kappa shape index (κ3) is 2.96. The van der Waals surface area contributed by atoms with Gasteiger partial charge in [-0.15, -0.1) is 0 Å². The van der Waals surface area contributed by atoms with Gasteiger partial charge in [0, 0.05) is 6.42 Å². The van der Waals surface area contributed by atoms with E-state index in [1.807, 2.05) is 12.1 Å². The lowest BCUT2D eigenvalue weighted by molar-refractivity contribution is -0.120. The molecular weight excluding hydrogens is 315 g/mol. The van der Waals surface area contributed by atoms with Crippen molar-refractivity contribution < 1.29 is 18.0 Å². The molecule has 1 aromatic carbocycles. The number of benzene rings is 1. The molecule has 116 valence electrons. The highest BCUT2D eigenvalue weighted by molar-refractivity contribution is 7.22. The fraction of sp³-hybridized carbons (Fsp3) is 0.357. The molecule has 1 heterocycles. The lowest BCUT2D eigenvalue weighted by atomic mass is 10.0. The molecule has 0 saturated heterocycles. The average Bonchev–Trinajstić information content (AvgIpc) is 3.04. The van der Waals surface area contributed by atoms with Gasteiger partial charge in [-0.3, -0.25) is 10.2 Å². The van der Waals surface area contributed by atoms with Crippen LogP contribution in [0.2, 0.25) is 0 Å². The van der Waals surface area contributed by atoms with E-state index in [4.69, 9.17) is 0 Å². The van der Waals surface area contributed by atoms with Gasteiger partial charge < -0.3 is 0 Å². The maximum atomic E-state index is 13.1. The van der Waals surface area contributed by atoms with E-state index in [0.29, 0.717) is 11.9 Å². The minimum absolute atomic E-state index is 0.181. The largest absolute Gasteiger partial charge is 0.431 e. The zero-order valence-corrected chi connectivity index (χ0v) is 12.2. The summed E-state index contributed by atoms with van der Waals surface area (Å²) in [5.74, 6) is -1.57. The summed E-state index contributed by atoms with van der Waals surface area (Å²) in [4.78, 5) is 15.8. The number of anilines is 1. The number of nitrogens with one attached hydrogen (secondary N) is 1. The van der Waals surface area contributed by atoms with Gasteiger partial charge in [0.1, 0.15) is 5.78 Å². The highest BCUT2D eigenvalue weighted by Crippen LogP contribution is 2.32. The Morgan fingerprint density at radius 1 is 1.36 bits per heavy atom. The maximum Gasteiger partial charge on any atom is 0.431 e. The van der Waals surface area contributed by atoms with E-state index in [1.54, 1.807) is 12.1 Å². The van der Waals surface area contributed by atoms with Gasteiger partial charge in [-0.05, 0) is 25.0 Å². The first kappa shape index (κ1) is 15.0. The number of halogens is 3. The second kappa shape index (κ2) is 5.68. The second-order valence-electron chi connectivity index (χ2n) is 5.00. The van der Waals surface area contributed by atoms with Crippen LogP contribution in [-0.2, 0) is 4.79 Å². The molecule has 1 N–H and O–H groups in total. The minimum Gasteiger partial charge on any atom is -0.299 e. The number of fused-ring (bicyclic) bond motifs is 1. The first-order chi connectivity index (χ1) is 10.4. The predicted octanol–water partition coefficient (Wildman–Crippen LogP) is 4.00. The Kier molecular flexibility index (Phi) is 3.86. The van der Waals surface area contributed by atoms with Crippen LogP contribution in [0.5, 0.6) is 0 Å². The summed E-state index contributed by atoms with van der Waals surface area (Å²) in [5, 5.41) is 3.73. The minimum atomic E-state index is -4.63. The molecular formula is C14H12F3N3OS. The molecule has 0 unspecified atom stereocenters. The second-order valence-corrected chi connectivity index (χ2v) is 6.04. The summed E-state index contributed by atoms with van der Waals surface area (Å²) >= 11 is 1.21. The van der Waals surface area contributed by atoms with Crippen molar-refractivity contribution in [1.29, 1.82) is 0 Å². The molecule has 3 rings (SSSR count). The van der Waals surface area contributed by atoms with E-state index in [-0.39, 0.29) is 18.0 Å². The zero-order valence-electron chi connectivity index (χ0n) is 11.4. The van der Waals surface area contributed by atoms with Crippen molar-refractivity contribution in [3.63, 3.8) is 0 Å². The summed E-state index contributed by atoms with van der Waals surface area (Å²) in [5.41, 5.74) is 1.99. The molecule has 0 bridgehead atoms. The number of nitrogens with zero attached hydrogens (tertiary/aromatic N) is 2. The average molecular weight is 327 g/mol. The zero-order chi connectivity index (χ0) is 15.7. The molecule has 0 spiro atoms. The first-order valence-corrected chi connectivity index (χ1v) is 7.56. The molecule has 0 radical (unpaired) electrons. The first-order valence-electron chi connectivity index (χ1n) is 6.74. The van der Waals surface area contributed by atoms with Crippen LogP contribution in [0.15, 0.2) is 29.4 Å². The molecule has 8 heteroatoms. The molecule has 0 aliphatic heterocycles. The van der Waals surface area contributed by atoms with E-state index in [0.717, 1.165) is 4.70 Å². The van der Waals surface area contributed by atoms with Crippen LogP contribution in [0.25, 0.3) is 10.2 Å². The van der Waals surface area contributed by atoms with Crippen molar-refractivity contribution in [3.8, 4) is 0 Å². The van der Waals surface area contributed by atoms with E-state index in [1.165, 1.54) is 11.3 Å². The fourth-order valence-electron chi connectivity index (χ4n) is 2.47. The Morgan fingerprint density at radius 2 is 2.14 bits per heavy atom. The summed E-state index contributed by atoms with van der Waals surface area (Å²) in [6.45, 7) is 0. The van der Waals surface area contributed by atoms with Gasteiger partial charge in [0.2, 0.25) is 5.13 Å². The monoisotopic (exact) mass is 327 g/mol. The lowest BCUT2D eigenvalue weighted by Gasteiger charge is -2.15. The molecule has 1 aliphatic carbocycles. The number of aromatic nitrogens is 1. The molecule has 1 fully saturated rings. The molecule has 1 aliphatic rings. The van der Waals surface area contributed by atoms with Gasteiger partial charge in [-0.2, -0.15) is 18.3 Å². The van der Waals surface area contributed by atoms with E-state index >= 15 is 0 Å². The summed E-state index contributed by atoms with van der Waals surface area (Å²) in [7, 11) is 0. The summed E-state index contributed by atoms with van der Waals surface area (Å²) < 4.78 is 40.2. The number of alkyl halides is 3. The third-order valence-corrected chi connectivity index (χ3v) is 4.43. The van der Waals surface area contributed by atoms with Crippen molar-refractivity contribution >= 4 is 38.2 Å². The summed E-state index contributed by atoms with van der Waals surface area (Å²) in [6, 6.07) is 7.22. The van der Waals surface area contributed by atoms with Gasteiger partial charge in [0.25, 0.3) is 0 Å². The topological polar surface area (TPSA) is 54.4 Å². The van der Waals surface area contributed by atoms with Crippen molar-refractivity contribution in [3.05, 3.63) is 24.3 Å². The van der Waals surface area contributed by atoms with Gasteiger partial charge in [0.05, 0.1) is 16.1 Å². The molecule has 2 aromatic rings. The van der Waals surface area contributed by atoms with Crippen molar-refractivity contribution in [1.82, 2.24) is 4.98 Å². The van der Waals surface area contributed by atoms with Gasteiger partial charge >= 0.3 is 6.18 Å². The molecule has 1 saturated carbocycles. The lowest BCUT2D eigenvalue weighted by Crippen LogP contribution is -2.33. The quantitative estimate of drug-likeness (QED) is 0.685. The summed E-state index contributed by atoms with van der Waals surface area (Å²) in [6.07, 6.45) is -3.78. The number of ketones is 1. The van der Waals surface area contributed by atoms with Crippen LogP contribution in [0.3, 0.4) is 0 Å². The number of hydrazone groups is 1. The Labute approximate surface area is 128 Å². The number of thiazole rings is 1.